The first kappa shape index (κ1) is 36.0. The van der Waals surface area contributed by atoms with E-state index in [0.717, 1.165) is 28.4 Å². The quantitative estimate of drug-likeness (QED) is 0.0326. The predicted molar refractivity (Wildman–Crippen MR) is 163 cm³/mol. The molecule has 2 aliphatic heterocycles. The van der Waals surface area contributed by atoms with E-state index < -0.39 is 58.5 Å². The topological polar surface area (TPSA) is 295 Å². The third kappa shape index (κ3) is 7.47. The van der Waals surface area contributed by atoms with Gasteiger partial charge in [-0.05, 0) is 17.7 Å². The molecule has 18 nitrogen and oxygen atoms in total. The Morgan fingerprint density at radius 2 is 2.00 bits per heavy atom. The van der Waals surface area contributed by atoms with Crippen LogP contribution in [0.5, 0.6) is 11.5 Å². The summed E-state index contributed by atoms with van der Waals surface area (Å²) < 4.78 is 1.46. The molecule has 48 heavy (non-hydrogen) atoms. The smallest absolute Gasteiger partial charge is 0.543 e. The molecule has 3 unspecified atom stereocenters. The Labute approximate surface area is 300 Å². The van der Waals surface area contributed by atoms with Crippen LogP contribution in [0, 0.1) is 5.41 Å². The summed E-state index contributed by atoms with van der Waals surface area (Å²) in [6.45, 7) is 0.165. The number of benzene rings is 1. The number of aromatic hydroxyl groups is 2. The van der Waals surface area contributed by atoms with E-state index in [2.05, 4.69) is 20.4 Å². The molecule has 1 fully saturated rings. The van der Waals surface area contributed by atoms with Crippen molar-refractivity contribution in [3.8, 4) is 11.5 Å². The summed E-state index contributed by atoms with van der Waals surface area (Å²) >= 11 is 2.12. The molecule has 4 heterocycles. The minimum absolute atomic E-state index is 0. The number of aliphatic carboxylic acids is 2. The first-order valence-corrected chi connectivity index (χ1v) is 15.2. The van der Waals surface area contributed by atoms with Crippen LogP contribution < -0.4 is 56.9 Å². The normalized spacial score (nSPS) is 18.0. The average molecular weight is 706 g/mol. The van der Waals surface area contributed by atoms with Crippen LogP contribution in [0.25, 0.3) is 0 Å². The summed E-state index contributed by atoms with van der Waals surface area (Å²) in [5.41, 5.74) is 10.5. The number of carbonyl (C=O) groups excluding carboxylic acids is 3. The number of nitrogens with two attached hydrogens (primary N) is 2. The number of rotatable bonds is 11. The molecule has 2 aromatic heterocycles. The molecular formula is C27H24N9NaO9S2. The number of allylic oxidation sites excluding steroid dienone is 2. The van der Waals surface area contributed by atoms with Gasteiger partial charge >= 0.3 is 35.5 Å². The van der Waals surface area contributed by atoms with E-state index in [1.165, 1.54) is 46.2 Å². The summed E-state index contributed by atoms with van der Waals surface area (Å²) in [7, 11) is 0. The Kier molecular flexibility index (Phi) is 11.2. The van der Waals surface area contributed by atoms with Crippen molar-refractivity contribution >= 4 is 63.5 Å². The minimum Gasteiger partial charge on any atom is -0.543 e. The largest absolute Gasteiger partial charge is 1.00 e. The number of fused-ring (bicyclic) bond motifs is 1. The van der Waals surface area contributed by atoms with Crippen LogP contribution in [0.1, 0.15) is 17.4 Å². The SMILES string of the molecule is N=c1cc(N)ncn1CC=CC1=C(C(=O)[O-])N2C(=O)C(NC(=O)C(=NOC(C(=O)O)c3ccc(O)c(O)c3)c3csc(N)n3)C2SC1.[Na+]. The molecule has 0 aliphatic carbocycles. The zero-order valence-corrected chi connectivity index (χ0v) is 28.4. The van der Waals surface area contributed by atoms with Crippen LogP contribution in [0.4, 0.5) is 10.9 Å². The molecule has 3 atom stereocenters. The summed E-state index contributed by atoms with van der Waals surface area (Å²) in [6.07, 6.45) is 2.61. The van der Waals surface area contributed by atoms with E-state index in [4.69, 9.17) is 21.7 Å². The zero-order chi connectivity index (χ0) is 34.0. The van der Waals surface area contributed by atoms with E-state index >= 15 is 0 Å². The zero-order valence-electron chi connectivity index (χ0n) is 24.8. The van der Waals surface area contributed by atoms with E-state index in [1.807, 2.05) is 0 Å². The Bertz CT molecular complexity index is 1940. The van der Waals surface area contributed by atoms with Crippen molar-refractivity contribution in [2.45, 2.75) is 24.1 Å². The molecule has 0 bridgehead atoms. The standard InChI is InChI=1S/C27H25N9O9S2.Na/c28-16-7-17(29)35(10-31-16)5-1-2-12-8-46-24-19(23(40)36(24)20(12)25(41)42)33-22(39)18(13-9-47-27(30)32-13)34-45-21(26(43)44)11-3-4-14(37)15(38)6-11;/h1-4,6-7,9-10,19,21,24,29,37-38H,5,8,28H2,(H2,30,32)(H,33,39)(H,41,42)(H,43,44);/q;+1/p-1. The van der Waals surface area contributed by atoms with Gasteiger partial charge in [0.15, 0.2) is 22.3 Å². The van der Waals surface area contributed by atoms with E-state index in [9.17, 15) is 39.6 Å². The molecule has 9 N–H and O–H groups in total. The number of carboxylic acids is 2. The van der Waals surface area contributed by atoms with Gasteiger partial charge in [-0.25, -0.2) is 14.8 Å². The fourth-order valence-electron chi connectivity index (χ4n) is 4.54. The van der Waals surface area contributed by atoms with Gasteiger partial charge < -0.3 is 51.4 Å². The Balaban J connectivity index is 0.00000520. The van der Waals surface area contributed by atoms with Gasteiger partial charge in [-0.2, -0.15) is 0 Å². The molecule has 2 amide bonds. The van der Waals surface area contributed by atoms with Gasteiger partial charge in [0.25, 0.3) is 11.8 Å². The molecule has 3 aromatic rings. The maximum absolute atomic E-state index is 13.4. The van der Waals surface area contributed by atoms with Gasteiger partial charge in [-0.1, -0.05) is 23.4 Å². The number of phenolic OH excluding ortho intramolecular Hbond substituents is 2. The third-order valence-corrected chi connectivity index (χ3v) is 8.77. The van der Waals surface area contributed by atoms with Crippen LogP contribution in [0.2, 0.25) is 0 Å². The number of thioether (sulfide) groups is 1. The summed E-state index contributed by atoms with van der Waals surface area (Å²) in [5, 5.41) is 55.9. The van der Waals surface area contributed by atoms with Crippen molar-refractivity contribution in [2.24, 2.45) is 5.16 Å². The molecule has 0 saturated carbocycles. The number of hydrogen-bond acceptors (Lipinski definition) is 16. The number of nitrogens with zero attached hydrogens (tertiary/aromatic N) is 5. The number of carboxylic acid groups (broad SMARTS) is 2. The van der Waals surface area contributed by atoms with Crippen molar-refractivity contribution in [3.63, 3.8) is 0 Å². The number of oxime groups is 1. The molecule has 2 aliphatic rings. The van der Waals surface area contributed by atoms with Crippen molar-refractivity contribution in [2.75, 3.05) is 17.2 Å². The van der Waals surface area contributed by atoms with E-state index in [1.54, 1.807) is 6.08 Å². The first-order valence-electron chi connectivity index (χ1n) is 13.3. The fourth-order valence-corrected chi connectivity index (χ4v) is 6.41. The predicted octanol–water partition coefficient (Wildman–Crippen LogP) is -4.39. The number of thiazole rings is 1. The number of nitrogens with one attached hydrogen (secondary N) is 2. The van der Waals surface area contributed by atoms with Crippen molar-refractivity contribution in [1.82, 2.24) is 24.8 Å². The van der Waals surface area contributed by atoms with E-state index in [0.29, 0.717) is 0 Å². The maximum atomic E-state index is 13.4. The Hall–Kier alpha value is -4.89. The summed E-state index contributed by atoms with van der Waals surface area (Å²) in [6, 6.07) is 3.29. The van der Waals surface area contributed by atoms with Crippen LogP contribution in [0.15, 0.2) is 64.6 Å². The van der Waals surface area contributed by atoms with Gasteiger partial charge in [0, 0.05) is 29.3 Å². The van der Waals surface area contributed by atoms with Crippen LogP contribution in [-0.4, -0.2) is 81.4 Å². The molecule has 21 heteroatoms. The van der Waals surface area contributed by atoms with Gasteiger partial charge in [-0.3, -0.25) is 19.9 Å². The monoisotopic (exact) mass is 705 g/mol. The molecule has 244 valence electrons. The molecule has 0 spiro atoms. The Morgan fingerprint density at radius 3 is 2.62 bits per heavy atom. The van der Waals surface area contributed by atoms with Crippen LogP contribution in [0.3, 0.4) is 0 Å². The van der Waals surface area contributed by atoms with Gasteiger partial charge in [0.05, 0.1) is 18.0 Å². The second-order valence-corrected chi connectivity index (χ2v) is 11.9. The second-order valence-electron chi connectivity index (χ2n) is 9.86. The van der Waals surface area contributed by atoms with Crippen molar-refractivity contribution in [3.05, 3.63) is 76.1 Å². The van der Waals surface area contributed by atoms with Crippen LogP contribution >= 0.6 is 23.1 Å². The average Bonchev–Trinajstić information content (AvgIpc) is 3.45. The number of carbonyl (C=O) groups is 4. The number of amides is 2. The number of β-lactam (4-membered cyclic amide) rings is 1. The van der Waals surface area contributed by atoms with Gasteiger partial charge in [-0.15, -0.1) is 23.1 Å². The fraction of sp³-hybridized carbons (Fsp3) is 0.185. The number of nitrogen functional groups attached to an aromatic ring is 2. The summed E-state index contributed by atoms with van der Waals surface area (Å²) in [5.74, 6) is -5.73. The molecule has 5 rings (SSSR count). The molecular weight excluding hydrogens is 681 g/mol. The molecule has 1 saturated heterocycles. The van der Waals surface area contributed by atoms with Crippen molar-refractivity contribution < 1.29 is 74.0 Å². The first-order chi connectivity index (χ1) is 22.3. The molecule has 1 aromatic carbocycles. The van der Waals surface area contributed by atoms with Gasteiger partial charge in [0.1, 0.15) is 28.4 Å². The number of anilines is 2. The molecule has 0 radical (unpaired) electrons. The minimum atomic E-state index is -1.83. The number of phenols is 2. The number of hydrogen-bond donors (Lipinski definition) is 7. The second kappa shape index (κ2) is 14.9. The van der Waals surface area contributed by atoms with Gasteiger partial charge in [0.2, 0.25) is 6.10 Å². The van der Waals surface area contributed by atoms with Crippen LogP contribution in [-0.2, 0) is 30.6 Å². The Morgan fingerprint density at radius 1 is 1.25 bits per heavy atom. The number of aromatic nitrogens is 3. The maximum Gasteiger partial charge on any atom is 1.00 e. The van der Waals surface area contributed by atoms with E-state index in [-0.39, 0.29) is 80.8 Å². The summed E-state index contributed by atoms with van der Waals surface area (Å²) in [4.78, 5) is 64.7. The van der Waals surface area contributed by atoms with Crippen molar-refractivity contribution in [1.29, 1.82) is 5.41 Å². The third-order valence-electron chi connectivity index (χ3n) is 6.79.